The summed E-state index contributed by atoms with van der Waals surface area (Å²) in [5, 5.41) is 2.17. The van der Waals surface area contributed by atoms with Crippen LogP contribution >= 0.6 is 22.9 Å². The third-order valence-electron chi connectivity index (χ3n) is 4.25. The minimum atomic E-state index is -6.09. The second kappa shape index (κ2) is 8.59. The van der Waals surface area contributed by atoms with Gasteiger partial charge in [0.1, 0.15) is 11.2 Å². The maximum absolute atomic E-state index is 10.7. The van der Waals surface area contributed by atoms with Crippen molar-refractivity contribution in [2.24, 2.45) is 0 Å². The number of rotatable bonds is 2. The van der Waals surface area contributed by atoms with Crippen molar-refractivity contribution in [1.29, 1.82) is 0 Å². The zero-order valence-corrected chi connectivity index (χ0v) is 18.5. The molecular formula is C19H19ClF3NO3S2. The lowest BCUT2D eigenvalue weighted by Gasteiger charge is -2.09. The molecule has 0 N–H and O–H groups in total. The van der Waals surface area contributed by atoms with Crippen LogP contribution in [0.2, 0.25) is 5.02 Å². The van der Waals surface area contributed by atoms with Crippen molar-refractivity contribution in [2.45, 2.75) is 39.7 Å². The van der Waals surface area contributed by atoms with Crippen LogP contribution in [0.4, 0.5) is 13.2 Å². The summed E-state index contributed by atoms with van der Waals surface area (Å²) in [7, 11) is -6.09. The lowest BCUT2D eigenvalue weighted by atomic mass is 9.98. The Kier molecular flexibility index (Phi) is 6.99. The third kappa shape index (κ3) is 5.09. The topological polar surface area (TPSA) is 61.1 Å². The first kappa shape index (κ1) is 23.6. The minimum absolute atomic E-state index is 0.831. The van der Waals surface area contributed by atoms with Gasteiger partial charge in [-0.2, -0.15) is 17.7 Å². The predicted molar refractivity (Wildman–Crippen MR) is 108 cm³/mol. The normalized spacial score (nSPS) is 12.0. The van der Waals surface area contributed by atoms with Crippen molar-refractivity contribution in [3.63, 3.8) is 0 Å². The van der Waals surface area contributed by atoms with E-state index in [0.717, 1.165) is 17.1 Å². The fourth-order valence-corrected chi connectivity index (χ4v) is 4.36. The molecule has 0 bridgehead atoms. The van der Waals surface area contributed by atoms with Crippen LogP contribution in [0, 0.1) is 20.8 Å². The lowest BCUT2D eigenvalue weighted by molar-refractivity contribution is -0.669. The molecule has 4 nitrogen and oxygen atoms in total. The van der Waals surface area contributed by atoms with E-state index in [0.29, 0.717) is 0 Å². The highest BCUT2D eigenvalue weighted by molar-refractivity contribution is 7.86. The van der Waals surface area contributed by atoms with Crippen LogP contribution in [0.25, 0.3) is 21.3 Å². The molecule has 0 radical (unpaired) electrons. The van der Waals surface area contributed by atoms with Gasteiger partial charge in [-0.3, -0.25) is 0 Å². The van der Waals surface area contributed by atoms with Gasteiger partial charge in [0.2, 0.25) is 10.5 Å². The van der Waals surface area contributed by atoms with Crippen molar-refractivity contribution in [2.75, 3.05) is 0 Å². The molecule has 0 unspecified atom stereocenters. The van der Waals surface area contributed by atoms with Crippen molar-refractivity contribution in [3.8, 4) is 11.1 Å². The van der Waals surface area contributed by atoms with E-state index in [9.17, 15) is 13.2 Å². The summed E-state index contributed by atoms with van der Waals surface area (Å²) in [6.45, 7) is 9.60. The Labute approximate surface area is 176 Å². The Morgan fingerprint density at radius 1 is 1.14 bits per heavy atom. The number of nitrogens with zero attached hydrogens (tertiary/aromatic N) is 1. The van der Waals surface area contributed by atoms with Crippen LogP contribution in [0.15, 0.2) is 30.3 Å². The molecule has 1 heterocycles. The fraction of sp³-hybridized carbons (Fsp3) is 0.316. The van der Waals surface area contributed by atoms with Gasteiger partial charge in [-0.1, -0.05) is 41.1 Å². The predicted octanol–water partition coefficient (Wildman–Crippen LogP) is 5.51. The molecule has 0 aliphatic rings. The highest BCUT2D eigenvalue weighted by atomic mass is 35.5. The second-order valence-electron chi connectivity index (χ2n) is 6.35. The molecule has 1 aromatic heterocycles. The molecule has 0 fully saturated rings. The average molecular weight is 466 g/mol. The van der Waals surface area contributed by atoms with E-state index in [4.69, 9.17) is 24.6 Å². The van der Waals surface area contributed by atoms with Crippen LogP contribution in [-0.2, 0) is 16.7 Å². The van der Waals surface area contributed by atoms with Crippen LogP contribution in [0.3, 0.4) is 0 Å². The highest BCUT2D eigenvalue weighted by Crippen LogP contribution is 2.37. The SMILES string of the molecule is CC[n+]1c(C)sc2ccc(C)c(-c3ccc(C)cc3Cl)c21.O=S(=O)([O-])C(F)(F)F. The zero-order chi connectivity index (χ0) is 22.1. The second-order valence-corrected chi connectivity index (χ2v) is 9.37. The molecule has 0 spiro atoms. The molecule has 10 heteroatoms. The van der Waals surface area contributed by atoms with Gasteiger partial charge in [0, 0.05) is 17.5 Å². The van der Waals surface area contributed by atoms with Gasteiger partial charge in [-0.05, 0) is 44.0 Å². The van der Waals surface area contributed by atoms with E-state index >= 15 is 0 Å². The third-order valence-corrected chi connectivity index (χ3v) is 6.20. The number of fused-ring (bicyclic) bond motifs is 1. The van der Waals surface area contributed by atoms with Gasteiger partial charge in [0.05, 0.1) is 5.56 Å². The summed E-state index contributed by atoms with van der Waals surface area (Å²) in [6.07, 6.45) is 0. The minimum Gasteiger partial charge on any atom is -0.741 e. The molecule has 3 aromatic rings. The monoisotopic (exact) mass is 465 g/mol. The van der Waals surface area contributed by atoms with Gasteiger partial charge in [-0.15, -0.1) is 0 Å². The van der Waals surface area contributed by atoms with E-state index < -0.39 is 15.6 Å². The molecule has 0 saturated heterocycles. The smallest absolute Gasteiger partial charge is 0.485 e. The van der Waals surface area contributed by atoms with E-state index in [2.05, 4.69) is 56.5 Å². The van der Waals surface area contributed by atoms with Gasteiger partial charge in [0.15, 0.2) is 10.1 Å². The molecule has 0 aliphatic carbocycles. The van der Waals surface area contributed by atoms with E-state index in [-0.39, 0.29) is 0 Å². The number of aromatic nitrogens is 1. The molecule has 0 saturated carbocycles. The molecule has 29 heavy (non-hydrogen) atoms. The Hall–Kier alpha value is -1.68. The first-order valence-electron chi connectivity index (χ1n) is 8.49. The van der Waals surface area contributed by atoms with Crippen LogP contribution in [0.5, 0.6) is 0 Å². The Bertz CT molecular complexity index is 1160. The highest BCUT2D eigenvalue weighted by Gasteiger charge is 2.36. The quantitative estimate of drug-likeness (QED) is 0.285. The summed E-state index contributed by atoms with van der Waals surface area (Å²) < 4.78 is 62.6. The van der Waals surface area contributed by atoms with Gasteiger partial charge >= 0.3 is 5.51 Å². The van der Waals surface area contributed by atoms with Crippen molar-refractivity contribution in [1.82, 2.24) is 0 Å². The molecule has 0 amide bonds. The first-order chi connectivity index (χ1) is 13.3. The summed E-state index contributed by atoms with van der Waals surface area (Å²) in [6, 6.07) is 10.7. The van der Waals surface area contributed by atoms with Crippen LogP contribution < -0.4 is 4.57 Å². The van der Waals surface area contributed by atoms with Crippen LogP contribution in [-0.4, -0.2) is 18.5 Å². The van der Waals surface area contributed by atoms with Gasteiger partial charge in [0.25, 0.3) is 0 Å². The zero-order valence-electron chi connectivity index (χ0n) is 16.1. The summed E-state index contributed by atoms with van der Waals surface area (Å²) in [5.41, 5.74) is 0.527. The van der Waals surface area contributed by atoms with E-state index in [1.54, 1.807) is 0 Å². The first-order valence-corrected chi connectivity index (χ1v) is 11.1. The molecule has 2 aromatic carbocycles. The maximum atomic E-state index is 10.7. The number of hydrogen-bond acceptors (Lipinski definition) is 4. The number of alkyl halides is 3. The molecule has 3 rings (SSSR count). The molecule has 0 atom stereocenters. The van der Waals surface area contributed by atoms with Crippen molar-refractivity contribution < 1.29 is 30.7 Å². The lowest BCUT2D eigenvalue weighted by Crippen LogP contribution is -2.33. The number of halogens is 4. The van der Waals surface area contributed by atoms with Gasteiger partial charge in [-0.25, -0.2) is 8.42 Å². The molecule has 158 valence electrons. The largest absolute Gasteiger partial charge is 0.741 e. The summed E-state index contributed by atoms with van der Waals surface area (Å²) in [4.78, 5) is 0. The Balaban J connectivity index is 0.000000321. The number of benzene rings is 2. The van der Waals surface area contributed by atoms with Crippen molar-refractivity contribution in [3.05, 3.63) is 51.5 Å². The van der Waals surface area contributed by atoms with E-state index in [1.807, 2.05) is 17.4 Å². The maximum Gasteiger partial charge on any atom is 0.485 e. The van der Waals surface area contributed by atoms with Crippen LogP contribution in [0.1, 0.15) is 23.1 Å². The molecule has 0 aliphatic heterocycles. The summed E-state index contributed by atoms with van der Waals surface area (Å²) in [5.74, 6) is 0. The average Bonchev–Trinajstić information content (AvgIpc) is 2.90. The Morgan fingerprint density at radius 3 is 2.21 bits per heavy atom. The van der Waals surface area contributed by atoms with Gasteiger partial charge < -0.3 is 4.55 Å². The standard InChI is InChI=1S/C18H19ClNS.CHF3O3S/c1-5-20-13(4)21-16-9-7-12(3)17(18(16)20)14-8-6-11(2)10-15(14)19;2-1(3,4)8(5,6)7/h6-10H,5H2,1-4H3;(H,5,6,7)/q+1;/p-1. The molecular weight excluding hydrogens is 447 g/mol. The summed E-state index contributed by atoms with van der Waals surface area (Å²) >= 11 is 8.38. The van der Waals surface area contributed by atoms with E-state index in [1.165, 1.54) is 31.9 Å². The van der Waals surface area contributed by atoms with Crippen molar-refractivity contribution >= 4 is 43.3 Å². The Morgan fingerprint density at radius 2 is 1.72 bits per heavy atom. The fourth-order valence-electron chi connectivity index (χ4n) is 2.94. The number of hydrogen-bond donors (Lipinski definition) is 0. The number of aryl methyl sites for hydroxylation is 4. The number of thiazole rings is 1.